The van der Waals surface area contributed by atoms with Gasteiger partial charge in [0.1, 0.15) is 0 Å². The lowest BCUT2D eigenvalue weighted by molar-refractivity contribution is -0.141. The zero-order valence-electron chi connectivity index (χ0n) is 12.4. The molecule has 7 heteroatoms. The van der Waals surface area contributed by atoms with Crippen LogP contribution in [-0.2, 0) is 17.5 Å². The smallest absolute Gasteiger partial charge is 0.383 e. The summed E-state index contributed by atoms with van der Waals surface area (Å²) in [5.74, 6) is 0. The Labute approximate surface area is 126 Å². The summed E-state index contributed by atoms with van der Waals surface area (Å²) >= 11 is 0. The Balaban J connectivity index is 2.01. The van der Waals surface area contributed by atoms with Gasteiger partial charge in [-0.25, -0.2) is 4.68 Å². The summed E-state index contributed by atoms with van der Waals surface area (Å²) < 4.78 is 43.8. The summed E-state index contributed by atoms with van der Waals surface area (Å²) in [5.41, 5.74) is 0.728. The largest absolute Gasteiger partial charge is 0.435 e. The zero-order chi connectivity index (χ0) is 16.2. The van der Waals surface area contributed by atoms with Crippen molar-refractivity contribution in [1.82, 2.24) is 15.1 Å². The molecule has 1 atom stereocenters. The maximum atomic E-state index is 12.5. The molecule has 1 aromatic heterocycles. The molecule has 1 N–H and O–H groups in total. The van der Waals surface area contributed by atoms with Crippen molar-refractivity contribution >= 4 is 0 Å². The van der Waals surface area contributed by atoms with Crippen LogP contribution >= 0.6 is 0 Å². The monoisotopic (exact) mass is 313 g/mol. The van der Waals surface area contributed by atoms with E-state index in [-0.39, 0.29) is 6.04 Å². The van der Waals surface area contributed by atoms with Crippen molar-refractivity contribution in [2.24, 2.45) is 0 Å². The average Bonchev–Trinajstić information content (AvgIpc) is 2.96. The number of ether oxygens (including phenoxy) is 1. The fourth-order valence-electron chi connectivity index (χ4n) is 1.99. The van der Waals surface area contributed by atoms with E-state index in [9.17, 15) is 13.2 Å². The minimum atomic E-state index is -4.42. The third-order valence-electron chi connectivity index (χ3n) is 3.15. The number of hydrogen-bond donors (Lipinski definition) is 1. The molecule has 0 amide bonds. The van der Waals surface area contributed by atoms with Gasteiger partial charge in [0.15, 0.2) is 5.69 Å². The highest BCUT2D eigenvalue weighted by Gasteiger charge is 2.33. The van der Waals surface area contributed by atoms with Crippen LogP contribution in [0.4, 0.5) is 13.2 Å². The van der Waals surface area contributed by atoms with Crippen LogP contribution in [0, 0.1) is 0 Å². The van der Waals surface area contributed by atoms with Crippen molar-refractivity contribution in [3.63, 3.8) is 0 Å². The van der Waals surface area contributed by atoms with Crippen molar-refractivity contribution in [2.75, 3.05) is 13.7 Å². The zero-order valence-corrected chi connectivity index (χ0v) is 12.4. The summed E-state index contributed by atoms with van der Waals surface area (Å²) in [6.45, 7) is 3.30. The van der Waals surface area contributed by atoms with E-state index in [4.69, 9.17) is 4.74 Å². The number of halogens is 3. The molecule has 0 aliphatic rings. The third kappa shape index (κ3) is 4.32. The summed E-state index contributed by atoms with van der Waals surface area (Å²) in [6.07, 6.45) is -3.12. The molecular weight excluding hydrogens is 295 g/mol. The molecule has 0 aliphatic heterocycles. The quantitative estimate of drug-likeness (QED) is 0.891. The highest BCUT2D eigenvalue weighted by molar-refractivity contribution is 5.34. The van der Waals surface area contributed by atoms with Gasteiger partial charge >= 0.3 is 6.18 Å². The van der Waals surface area contributed by atoms with Crippen LogP contribution < -0.4 is 5.32 Å². The maximum Gasteiger partial charge on any atom is 0.435 e. The Morgan fingerprint density at radius 1 is 1.23 bits per heavy atom. The lowest BCUT2D eigenvalue weighted by Gasteiger charge is -2.12. The van der Waals surface area contributed by atoms with Gasteiger partial charge in [-0.1, -0.05) is 12.1 Å². The van der Waals surface area contributed by atoms with E-state index in [1.54, 1.807) is 19.2 Å². The molecule has 0 saturated carbocycles. The predicted octanol–water partition coefficient (Wildman–Crippen LogP) is 3.02. The minimum Gasteiger partial charge on any atom is -0.383 e. The van der Waals surface area contributed by atoms with Crippen LogP contribution in [0.3, 0.4) is 0 Å². The van der Waals surface area contributed by atoms with Gasteiger partial charge in [0.25, 0.3) is 0 Å². The van der Waals surface area contributed by atoms with Gasteiger partial charge in [0.2, 0.25) is 0 Å². The second-order valence-corrected chi connectivity index (χ2v) is 5.05. The molecule has 0 saturated heterocycles. The number of rotatable bonds is 6. The number of benzene rings is 1. The van der Waals surface area contributed by atoms with Crippen LogP contribution in [0.1, 0.15) is 18.2 Å². The van der Waals surface area contributed by atoms with Crippen LogP contribution in [0.25, 0.3) is 5.69 Å². The third-order valence-corrected chi connectivity index (χ3v) is 3.15. The molecule has 1 aromatic carbocycles. The standard InChI is InChI=1S/C15H18F3N3O/c1-11(10-22-2)19-9-12-3-5-13(6-4-12)21-8-7-14(20-21)15(16,17)18/h3-8,11,19H,9-10H2,1-2H3. The van der Waals surface area contributed by atoms with E-state index in [2.05, 4.69) is 10.4 Å². The van der Waals surface area contributed by atoms with Gasteiger partial charge in [-0.3, -0.25) is 0 Å². The van der Waals surface area contributed by atoms with Gasteiger partial charge < -0.3 is 10.1 Å². The number of methoxy groups -OCH3 is 1. The Morgan fingerprint density at radius 3 is 2.45 bits per heavy atom. The number of aromatic nitrogens is 2. The van der Waals surface area contributed by atoms with Gasteiger partial charge in [-0.05, 0) is 30.7 Å². The number of nitrogens with one attached hydrogen (secondary N) is 1. The normalized spacial score (nSPS) is 13.3. The average molecular weight is 313 g/mol. The first-order chi connectivity index (χ1) is 10.4. The van der Waals surface area contributed by atoms with Gasteiger partial charge in [-0.15, -0.1) is 0 Å². The molecule has 22 heavy (non-hydrogen) atoms. The summed E-state index contributed by atoms with van der Waals surface area (Å²) in [4.78, 5) is 0. The number of nitrogens with zero attached hydrogens (tertiary/aromatic N) is 2. The Morgan fingerprint density at radius 2 is 1.91 bits per heavy atom. The van der Waals surface area contributed by atoms with E-state index in [0.717, 1.165) is 11.6 Å². The molecule has 0 bridgehead atoms. The first kappa shape index (κ1) is 16.5. The predicted molar refractivity (Wildman–Crippen MR) is 76.7 cm³/mol. The van der Waals surface area contributed by atoms with Gasteiger partial charge in [-0.2, -0.15) is 18.3 Å². The lowest BCUT2D eigenvalue weighted by Crippen LogP contribution is -2.29. The van der Waals surface area contributed by atoms with Crippen LogP contribution in [-0.4, -0.2) is 29.5 Å². The van der Waals surface area contributed by atoms with Crippen LogP contribution in [0.15, 0.2) is 36.5 Å². The molecule has 2 rings (SSSR count). The topological polar surface area (TPSA) is 39.1 Å². The SMILES string of the molecule is COCC(C)NCc1ccc(-n2ccc(C(F)(F)F)n2)cc1. The first-order valence-electron chi connectivity index (χ1n) is 6.84. The second kappa shape index (κ2) is 6.93. The van der Waals surface area contributed by atoms with Gasteiger partial charge in [0, 0.05) is 25.9 Å². The molecule has 0 aliphatic carbocycles. The lowest BCUT2D eigenvalue weighted by atomic mass is 10.2. The van der Waals surface area contributed by atoms with Crippen molar-refractivity contribution in [2.45, 2.75) is 25.7 Å². The van der Waals surface area contributed by atoms with E-state index < -0.39 is 11.9 Å². The van der Waals surface area contributed by atoms with E-state index in [1.807, 2.05) is 19.1 Å². The maximum absolute atomic E-state index is 12.5. The molecule has 1 heterocycles. The van der Waals surface area contributed by atoms with Gasteiger partial charge in [0.05, 0.1) is 12.3 Å². The van der Waals surface area contributed by atoms with Crippen molar-refractivity contribution in [1.29, 1.82) is 0 Å². The molecule has 2 aromatic rings. The number of hydrogen-bond acceptors (Lipinski definition) is 3. The van der Waals surface area contributed by atoms with E-state index in [0.29, 0.717) is 18.8 Å². The van der Waals surface area contributed by atoms with Crippen LogP contribution in [0.5, 0.6) is 0 Å². The molecule has 0 fully saturated rings. The molecule has 0 spiro atoms. The summed E-state index contributed by atoms with van der Waals surface area (Å²) in [7, 11) is 1.65. The molecule has 4 nitrogen and oxygen atoms in total. The van der Waals surface area contributed by atoms with E-state index in [1.165, 1.54) is 10.9 Å². The van der Waals surface area contributed by atoms with Crippen molar-refractivity contribution in [3.05, 3.63) is 47.8 Å². The number of alkyl halides is 3. The molecule has 120 valence electrons. The molecule has 0 radical (unpaired) electrons. The fourth-order valence-corrected chi connectivity index (χ4v) is 1.99. The highest BCUT2D eigenvalue weighted by atomic mass is 19.4. The highest BCUT2D eigenvalue weighted by Crippen LogP contribution is 2.27. The Kier molecular flexibility index (Phi) is 5.20. The van der Waals surface area contributed by atoms with E-state index >= 15 is 0 Å². The fraction of sp³-hybridized carbons (Fsp3) is 0.400. The molecular formula is C15H18F3N3O. The van der Waals surface area contributed by atoms with Crippen molar-refractivity contribution < 1.29 is 17.9 Å². The Bertz CT molecular complexity index is 593. The minimum absolute atomic E-state index is 0.227. The first-order valence-corrected chi connectivity index (χ1v) is 6.84. The summed E-state index contributed by atoms with van der Waals surface area (Å²) in [5, 5.41) is 6.83. The second-order valence-electron chi connectivity index (χ2n) is 5.05. The Hall–Kier alpha value is -1.86. The summed E-state index contributed by atoms with van der Waals surface area (Å²) in [6, 6.07) is 8.39. The van der Waals surface area contributed by atoms with Crippen molar-refractivity contribution in [3.8, 4) is 5.69 Å². The van der Waals surface area contributed by atoms with Crippen LogP contribution in [0.2, 0.25) is 0 Å². The molecule has 1 unspecified atom stereocenters.